The van der Waals surface area contributed by atoms with Crippen molar-refractivity contribution < 1.29 is 18.7 Å². The molecule has 1 heterocycles. The smallest absolute Gasteiger partial charge is 0.343 e. The van der Waals surface area contributed by atoms with Gasteiger partial charge >= 0.3 is 5.97 Å². The molecule has 1 aliphatic rings. The van der Waals surface area contributed by atoms with E-state index in [1.54, 1.807) is 19.1 Å². The molecule has 5 nitrogen and oxygen atoms in total. The number of benzene rings is 2. The van der Waals surface area contributed by atoms with Crippen molar-refractivity contribution in [3.05, 3.63) is 59.9 Å². The maximum absolute atomic E-state index is 12.9. The van der Waals surface area contributed by atoms with E-state index < -0.39 is 11.8 Å². The molecule has 0 atom stereocenters. The highest BCUT2D eigenvalue weighted by atomic mass is 19.1. The lowest BCUT2D eigenvalue weighted by molar-refractivity contribution is -0.129. The van der Waals surface area contributed by atoms with Crippen molar-refractivity contribution in [3.8, 4) is 5.75 Å². The Hall–Kier alpha value is -2.89. The summed E-state index contributed by atoms with van der Waals surface area (Å²) in [5.41, 5.74) is 1.32. The maximum Gasteiger partial charge on any atom is 0.343 e. The van der Waals surface area contributed by atoms with Gasteiger partial charge < -0.3 is 14.5 Å². The zero-order valence-corrected chi connectivity index (χ0v) is 13.9. The van der Waals surface area contributed by atoms with E-state index in [1.807, 2.05) is 17.0 Å². The zero-order valence-electron chi connectivity index (χ0n) is 13.9. The number of piperazine rings is 1. The first kappa shape index (κ1) is 17.0. The standard InChI is InChI=1S/C19H19FN2O3/c1-14(23)21-10-12-22(13-11-21)17-6-8-18(9-7-17)25-19(24)15-2-4-16(20)5-3-15/h2-9H,10-13H2,1H3. The fourth-order valence-corrected chi connectivity index (χ4v) is 2.76. The van der Waals surface area contributed by atoms with Crippen LogP contribution < -0.4 is 9.64 Å². The molecule has 0 unspecified atom stereocenters. The number of carbonyl (C=O) groups is 2. The Morgan fingerprint density at radius 3 is 2.08 bits per heavy atom. The van der Waals surface area contributed by atoms with Crippen molar-refractivity contribution >= 4 is 17.6 Å². The van der Waals surface area contributed by atoms with E-state index in [4.69, 9.17) is 4.74 Å². The lowest BCUT2D eigenvalue weighted by atomic mass is 10.2. The highest BCUT2D eigenvalue weighted by Crippen LogP contribution is 2.21. The molecular weight excluding hydrogens is 323 g/mol. The van der Waals surface area contributed by atoms with Crippen LogP contribution in [0.5, 0.6) is 5.75 Å². The Labute approximate surface area is 145 Å². The lowest BCUT2D eigenvalue weighted by Gasteiger charge is -2.35. The van der Waals surface area contributed by atoms with Crippen LogP contribution >= 0.6 is 0 Å². The molecule has 0 saturated carbocycles. The summed E-state index contributed by atoms with van der Waals surface area (Å²) in [4.78, 5) is 27.4. The fraction of sp³-hybridized carbons (Fsp3) is 0.263. The second-order valence-corrected chi connectivity index (χ2v) is 5.88. The predicted octanol–water partition coefficient (Wildman–Crippen LogP) is 2.71. The topological polar surface area (TPSA) is 49.9 Å². The molecule has 1 saturated heterocycles. The van der Waals surface area contributed by atoms with Gasteiger partial charge in [-0.3, -0.25) is 4.79 Å². The molecule has 0 aromatic heterocycles. The number of rotatable bonds is 3. The molecule has 2 aromatic carbocycles. The van der Waals surface area contributed by atoms with Gasteiger partial charge in [0, 0.05) is 38.8 Å². The minimum absolute atomic E-state index is 0.0997. The molecule has 1 fully saturated rings. The van der Waals surface area contributed by atoms with Gasteiger partial charge in [-0.25, -0.2) is 9.18 Å². The number of ether oxygens (including phenoxy) is 1. The van der Waals surface area contributed by atoms with Crippen molar-refractivity contribution in [2.45, 2.75) is 6.92 Å². The Kier molecular flexibility index (Phi) is 4.97. The normalized spacial score (nSPS) is 14.3. The monoisotopic (exact) mass is 342 g/mol. The van der Waals surface area contributed by atoms with Crippen LogP contribution in [0, 0.1) is 5.82 Å². The summed E-state index contributed by atoms with van der Waals surface area (Å²) in [5, 5.41) is 0. The van der Waals surface area contributed by atoms with E-state index in [0.717, 1.165) is 18.8 Å². The quantitative estimate of drug-likeness (QED) is 0.636. The molecule has 1 amide bonds. The molecule has 2 aromatic rings. The molecular formula is C19H19FN2O3. The van der Waals surface area contributed by atoms with Gasteiger partial charge in [-0.1, -0.05) is 0 Å². The van der Waals surface area contributed by atoms with E-state index in [0.29, 0.717) is 24.4 Å². The van der Waals surface area contributed by atoms with Gasteiger partial charge in [-0.05, 0) is 48.5 Å². The maximum atomic E-state index is 12.9. The Bertz CT molecular complexity index is 751. The van der Waals surface area contributed by atoms with Crippen LogP contribution in [0.1, 0.15) is 17.3 Å². The third-order valence-corrected chi connectivity index (χ3v) is 4.22. The van der Waals surface area contributed by atoms with E-state index in [9.17, 15) is 14.0 Å². The van der Waals surface area contributed by atoms with Crippen molar-refractivity contribution in [2.24, 2.45) is 0 Å². The van der Waals surface area contributed by atoms with Crippen LogP contribution in [0.25, 0.3) is 0 Å². The first-order chi connectivity index (χ1) is 12.0. The molecule has 6 heteroatoms. The van der Waals surface area contributed by atoms with E-state index in [-0.39, 0.29) is 5.91 Å². The molecule has 0 aliphatic carbocycles. The van der Waals surface area contributed by atoms with Crippen LogP contribution in [0.4, 0.5) is 10.1 Å². The van der Waals surface area contributed by atoms with Crippen LogP contribution in [0.3, 0.4) is 0 Å². The summed E-state index contributed by atoms with van der Waals surface area (Å²) in [6.45, 7) is 4.54. The highest BCUT2D eigenvalue weighted by Gasteiger charge is 2.18. The summed E-state index contributed by atoms with van der Waals surface area (Å²) < 4.78 is 18.2. The first-order valence-electron chi connectivity index (χ1n) is 8.11. The number of halogens is 1. The second-order valence-electron chi connectivity index (χ2n) is 5.88. The number of hydrogen-bond donors (Lipinski definition) is 0. The van der Waals surface area contributed by atoms with Gasteiger partial charge in [-0.15, -0.1) is 0 Å². The molecule has 0 N–H and O–H groups in total. The molecule has 0 radical (unpaired) electrons. The summed E-state index contributed by atoms with van der Waals surface area (Å²) in [6.07, 6.45) is 0. The van der Waals surface area contributed by atoms with Gasteiger partial charge in [0.2, 0.25) is 5.91 Å². The molecule has 25 heavy (non-hydrogen) atoms. The fourth-order valence-electron chi connectivity index (χ4n) is 2.76. The summed E-state index contributed by atoms with van der Waals surface area (Å²) in [7, 11) is 0. The summed E-state index contributed by atoms with van der Waals surface area (Å²) in [5.74, 6) is -0.392. The van der Waals surface area contributed by atoms with Crippen molar-refractivity contribution in [1.29, 1.82) is 0 Å². The molecule has 0 bridgehead atoms. The average molecular weight is 342 g/mol. The van der Waals surface area contributed by atoms with Crippen LogP contribution in [0.15, 0.2) is 48.5 Å². The Balaban J connectivity index is 1.60. The van der Waals surface area contributed by atoms with Gasteiger partial charge in [0.25, 0.3) is 0 Å². The second kappa shape index (κ2) is 7.34. The number of anilines is 1. The molecule has 0 spiro atoms. The van der Waals surface area contributed by atoms with E-state index >= 15 is 0 Å². The number of amides is 1. The Morgan fingerprint density at radius 2 is 1.52 bits per heavy atom. The summed E-state index contributed by atoms with van der Waals surface area (Å²) >= 11 is 0. The minimum atomic E-state index is -0.525. The van der Waals surface area contributed by atoms with Crippen molar-refractivity contribution in [2.75, 3.05) is 31.1 Å². The zero-order chi connectivity index (χ0) is 17.8. The SMILES string of the molecule is CC(=O)N1CCN(c2ccc(OC(=O)c3ccc(F)cc3)cc2)CC1. The van der Waals surface area contributed by atoms with Gasteiger partial charge in [0.15, 0.2) is 0 Å². The third kappa shape index (κ3) is 4.15. The number of nitrogens with zero attached hydrogens (tertiary/aromatic N) is 2. The van der Waals surface area contributed by atoms with E-state index in [2.05, 4.69) is 4.90 Å². The van der Waals surface area contributed by atoms with Gasteiger partial charge in [0.05, 0.1) is 5.56 Å². The van der Waals surface area contributed by atoms with Crippen LogP contribution in [-0.2, 0) is 4.79 Å². The highest BCUT2D eigenvalue weighted by molar-refractivity contribution is 5.91. The number of esters is 1. The van der Waals surface area contributed by atoms with Crippen LogP contribution in [0.2, 0.25) is 0 Å². The van der Waals surface area contributed by atoms with Crippen LogP contribution in [-0.4, -0.2) is 43.0 Å². The lowest BCUT2D eigenvalue weighted by Crippen LogP contribution is -2.48. The average Bonchev–Trinajstić information content (AvgIpc) is 2.63. The van der Waals surface area contributed by atoms with Crippen molar-refractivity contribution in [1.82, 2.24) is 4.90 Å². The van der Waals surface area contributed by atoms with Crippen molar-refractivity contribution in [3.63, 3.8) is 0 Å². The van der Waals surface area contributed by atoms with E-state index in [1.165, 1.54) is 24.3 Å². The molecule has 1 aliphatic heterocycles. The predicted molar refractivity (Wildman–Crippen MR) is 92.3 cm³/mol. The summed E-state index contributed by atoms with van der Waals surface area (Å²) in [6, 6.07) is 12.5. The van der Waals surface area contributed by atoms with Gasteiger partial charge in [0.1, 0.15) is 11.6 Å². The number of hydrogen-bond acceptors (Lipinski definition) is 4. The largest absolute Gasteiger partial charge is 0.423 e. The number of carbonyl (C=O) groups excluding carboxylic acids is 2. The molecule has 130 valence electrons. The third-order valence-electron chi connectivity index (χ3n) is 4.22. The molecule has 3 rings (SSSR count). The minimum Gasteiger partial charge on any atom is -0.423 e. The van der Waals surface area contributed by atoms with Gasteiger partial charge in [-0.2, -0.15) is 0 Å². The Morgan fingerprint density at radius 1 is 0.920 bits per heavy atom. The first-order valence-corrected chi connectivity index (χ1v) is 8.11.